The van der Waals surface area contributed by atoms with Crippen LogP contribution in [0.4, 0.5) is 0 Å². The molecule has 1 N–H and O–H groups in total. The lowest BCUT2D eigenvalue weighted by atomic mass is 9.94. The van der Waals surface area contributed by atoms with Gasteiger partial charge in [0.15, 0.2) is 0 Å². The van der Waals surface area contributed by atoms with Crippen molar-refractivity contribution >= 4 is 11.8 Å². The molecule has 1 aromatic rings. The van der Waals surface area contributed by atoms with Gasteiger partial charge in [0.1, 0.15) is 6.04 Å². The van der Waals surface area contributed by atoms with E-state index in [-0.39, 0.29) is 11.8 Å². The average Bonchev–Trinajstić information content (AvgIpc) is 2.45. The number of likely N-dealkylation sites (N-methyl/N-ethyl adjacent to an activating group) is 1. The van der Waals surface area contributed by atoms with E-state index in [0.717, 1.165) is 5.56 Å². The van der Waals surface area contributed by atoms with Crippen LogP contribution in [0, 0.1) is 5.41 Å². The second kappa shape index (κ2) is 7.25. The lowest BCUT2D eigenvalue weighted by Gasteiger charge is -2.28. The highest BCUT2D eigenvalue weighted by molar-refractivity contribution is 5.90. The Labute approximate surface area is 127 Å². The van der Waals surface area contributed by atoms with Gasteiger partial charge in [0.05, 0.1) is 0 Å². The van der Waals surface area contributed by atoms with Crippen LogP contribution in [0.1, 0.15) is 46.2 Å². The molecule has 4 heteroatoms. The molecule has 0 bridgehead atoms. The fourth-order valence-corrected chi connectivity index (χ4v) is 2.00. The van der Waals surface area contributed by atoms with Crippen LogP contribution < -0.4 is 5.32 Å². The number of nitrogens with one attached hydrogen (secondary N) is 1. The molecule has 0 saturated carbocycles. The second-order valence-electron chi connectivity index (χ2n) is 6.08. The summed E-state index contributed by atoms with van der Waals surface area (Å²) in [5.74, 6) is -0.194. The third-order valence-electron chi connectivity index (χ3n) is 3.41. The van der Waals surface area contributed by atoms with E-state index in [1.165, 1.54) is 0 Å². The Morgan fingerprint density at radius 2 is 1.62 bits per heavy atom. The fourth-order valence-electron chi connectivity index (χ4n) is 2.00. The van der Waals surface area contributed by atoms with Crippen molar-refractivity contribution in [3.8, 4) is 0 Å². The van der Waals surface area contributed by atoms with Crippen LogP contribution in [0.25, 0.3) is 0 Å². The van der Waals surface area contributed by atoms with Gasteiger partial charge in [-0.3, -0.25) is 9.59 Å². The number of carbonyl (C=O) groups excluding carboxylic acids is 2. The molecule has 0 aromatic heterocycles. The third-order valence-corrected chi connectivity index (χ3v) is 3.41. The van der Waals surface area contributed by atoms with Gasteiger partial charge in [-0.1, -0.05) is 51.1 Å². The first-order chi connectivity index (χ1) is 9.81. The monoisotopic (exact) mass is 290 g/mol. The molecule has 1 aromatic carbocycles. The minimum Gasteiger partial charge on any atom is -0.341 e. The molecule has 1 atom stereocenters. The predicted octanol–water partition coefficient (Wildman–Crippen LogP) is 2.76. The summed E-state index contributed by atoms with van der Waals surface area (Å²) in [4.78, 5) is 26.7. The highest BCUT2D eigenvalue weighted by atomic mass is 16.2. The standard InChI is InChI=1S/C17H26N2O2/c1-6-19(7-2)15(20)14(13-11-9-8-10-12-13)18-16(21)17(3,4)5/h8-12,14H,6-7H2,1-5H3,(H,18,21)/t14-/m0/s1. The molecule has 0 heterocycles. The maximum Gasteiger partial charge on any atom is 0.249 e. The molecule has 0 unspecified atom stereocenters. The molecule has 0 fully saturated rings. The Morgan fingerprint density at radius 3 is 2.05 bits per heavy atom. The van der Waals surface area contributed by atoms with Crippen LogP contribution >= 0.6 is 0 Å². The molecule has 2 amide bonds. The van der Waals surface area contributed by atoms with Gasteiger partial charge in [-0.05, 0) is 19.4 Å². The quantitative estimate of drug-likeness (QED) is 0.906. The van der Waals surface area contributed by atoms with Gasteiger partial charge in [0, 0.05) is 18.5 Å². The first kappa shape index (κ1) is 17.2. The summed E-state index contributed by atoms with van der Waals surface area (Å²) in [5.41, 5.74) is 0.281. The average molecular weight is 290 g/mol. The molecular weight excluding hydrogens is 264 g/mol. The van der Waals surface area contributed by atoms with Gasteiger partial charge in [-0.2, -0.15) is 0 Å². The minimum atomic E-state index is -0.627. The molecule has 0 aliphatic carbocycles. The summed E-state index contributed by atoms with van der Waals surface area (Å²) in [6.45, 7) is 10.7. The van der Waals surface area contributed by atoms with Crippen LogP contribution in [0.5, 0.6) is 0 Å². The molecule has 0 radical (unpaired) electrons. The van der Waals surface area contributed by atoms with Crippen molar-refractivity contribution in [2.75, 3.05) is 13.1 Å². The maximum absolute atomic E-state index is 12.7. The molecular formula is C17H26N2O2. The normalized spacial score (nSPS) is 12.6. The van der Waals surface area contributed by atoms with Crippen LogP contribution in [0.15, 0.2) is 30.3 Å². The van der Waals surface area contributed by atoms with Crippen molar-refractivity contribution in [1.29, 1.82) is 0 Å². The van der Waals surface area contributed by atoms with Crippen molar-refractivity contribution in [2.24, 2.45) is 5.41 Å². The van der Waals surface area contributed by atoms with Crippen molar-refractivity contribution in [3.05, 3.63) is 35.9 Å². The number of nitrogens with zero attached hydrogens (tertiary/aromatic N) is 1. The van der Waals surface area contributed by atoms with E-state index in [0.29, 0.717) is 13.1 Å². The molecule has 4 nitrogen and oxygen atoms in total. The molecule has 21 heavy (non-hydrogen) atoms. The zero-order valence-corrected chi connectivity index (χ0v) is 13.6. The van der Waals surface area contributed by atoms with Gasteiger partial charge in [0.2, 0.25) is 11.8 Å². The van der Waals surface area contributed by atoms with E-state index < -0.39 is 11.5 Å². The zero-order chi connectivity index (χ0) is 16.0. The number of hydrogen-bond acceptors (Lipinski definition) is 2. The molecule has 0 spiro atoms. The van der Waals surface area contributed by atoms with Crippen molar-refractivity contribution in [3.63, 3.8) is 0 Å². The predicted molar refractivity (Wildman–Crippen MR) is 84.7 cm³/mol. The van der Waals surface area contributed by atoms with Gasteiger partial charge in [0.25, 0.3) is 0 Å². The summed E-state index contributed by atoms with van der Waals surface area (Å²) in [7, 11) is 0. The minimum absolute atomic E-state index is 0.0659. The Kier molecular flexibility index (Phi) is 5.94. The van der Waals surface area contributed by atoms with Gasteiger partial charge < -0.3 is 10.2 Å². The number of hydrogen-bond donors (Lipinski definition) is 1. The lowest BCUT2D eigenvalue weighted by Crippen LogP contribution is -2.45. The SMILES string of the molecule is CCN(CC)C(=O)[C@@H](NC(=O)C(C)(C)C)c1ccccc1. The smallest absolute Gasteiger partial charge is 0.249 e. The van der Waals surface area contributed by atoms with E-state index in [9.17, 15) is 9.59 Å². The highest BCUT2D eigenvalue weighted by Crippen LogP contribution is 2.20. The van der Waals surface area contributed by atoms with E-state index in [1.54, 1.807) is 4.90 Å². The topological polar surface area (TPSA) is 49.4 Å². The van der Waals surface area contributed by atoms with E-state index in [1.807, 2.05) is 65.0 Å². The molecule has 0 aliphatic rings. The highest BCUT2D eigenvalue weighted by Gasteiger charge is 2.30. The Balaban J connectivity index is 3.07. The second-order valence-corrected chi connectivity index (χ2v) is 6.08. The van der Waals surface area contributed by atoms with Crippen LogP contribution in [0.3, 0.4) is 0 Å². The summed E-state index contributed by atoms with van der Waals surface area (Å²) in [6.07, 6.45) is 0. The Morgan fingerprint density at radius 1 is 1.10 bits per heavy atom. The molecule has 1 rings (SSSR count). The Bertz CT molecular complexity index is 473. The van der Waals surface area contributed by atoms with Gasteiger partial charge >= 0.3 is 0 Å². The van der Waals surface area contributed by atoms with Gasteiger partial charge in [-0.15, -0.1) is 0 Å². The zero-order valence-electron chi connectivity index (χ0n) is 13.6. The van der Waals surface area contributed by atoms with Gasteiger partial charge in [-0.25, -0.2) is 0 Å². The van der Waals surface area contributed by atoms with Crippen LogP contribution in [-0.4, -0.2) is 29.8 Å². The fraction of sp³-hybridized carbons (Fsp3) is 0.529. The Hall–Kier alpha value is -1.84. The summed E-state index contributed by atoms with van der Waals surface area (Å²) in [5, 5.41) is 2.89. The largest absolute Gasteiger partial charge is 0.341 e. The van der Waals surface area contributed by atoms with E-state index in [2.05, 4.69) is 5.32 Å². The first-order valence-corrected chi connectivity index (χ1v) is 7.46. The van der Waals surface area contributed by atoms with Crippen molar-refractivity contribution in [1.82, 2.24) is 10.2 Å². The van der Waals surface area contributed by atoms with Crippen molar-refractivity contribution in [2.45, 2.75) is 40.7 Å². The number of benzene rings is 1. The van der Waals surface area contributed by atoms with Crippen LogP contribution in [0.2, 0.25) is 0 Å². The number of carbonyl (C=O) groups is 2. The van der Waals surface area contributed by atoms with Crippen molar-refractivity contribution < 1.29 is 9.59 Å². The summed E-state index contributed by atoms with van der Waals surface area (Å²) < 4.78 is 0. The molecule has 0 aliphatic heterocycles. The van der Waals surface area contributed by atoms with E-state index >= 15 is 0 Å². The summed E-state index contributed by atoms with van der Waals surface area (Å²) in [6, 6.07) is 8.76. The molecule has 0 saturated heterocycles. The summed E-state index contributed by atoms with van der Waals surface area (Å²) >= 11 is 0. The van der Waals surface area contributed by atoms with Crippen LogP contribution in [-0.2, 0) is 9.59 Å². The lowest BCUT2D eigenvalue weighted by molar-refractivity contribution is -0.138. The number of amides is 2. The molecule has 116 valence electrons. The first-order valence-electron chi connectivity index (χ1n) is 7.46. The van der Waals surface area contributed by atoms with E-state index in [4.69, 9.17) is 0 Å². The number of rotatable bonds is 5. The third kappa shape index (κ3) is 4.59. The maximum atomic E-state index is 12.7.